The number of thiazole rings is 1. The standard InChI is InChI=1S/C23H18ClNO3S/c1-27-16-11-15(12-17(13-16)28-2)21(26)10-14-7-8-19(24)18(9-14)23-25-20-5-3-4-6-22(20)29-23/h3-9,11-13H,10H2,1-2H3. The first-order valence-electron chi connectivity index (χ1n) is 8.98. The topological polar surface area (TPSA) is 48.4 Å². The Morgan fingerprint density at radius 3 is 2.41 bits per heavy atom. The molecule has 0 bridgehead atoms. The van der Waals surface area contributed by atoms with Crippen LogP contribution in [0.2, 0.25) is 5.02 Å². The van der Waals surface area contributed by atoms with E-state index in [-0.39, 0.29) is 12.2 Å². The van der Waals surface area contributed by atoms with Crippen molar-refractivity contribution in [1.82, 2.24) is 4.98 Å². The molecule has 1 aromatic heterocycles. The van der Waals surface area contributed by atoms with Crippen molar-refractivity contribution in [3.63, 3.8) is 0 Å². The van der Waals surface area contributed by atoms with E-state index >= 15 is 0 Å². The SMILES string of the molecule is COc1cc(OC)cc(C(=O)Cc2ccc(Cl)c(-c3nc4ccccc4s3)c2)c1. The van der Waals surface area contributed by atoms with Gasteiger partial charge in [0.15, 0.2) is 5.78 Å². The van der Waals surface area contributed by atoms with Crippen LogP contribution in [0.4, 0.5) is 0 Å². The number of nitrogens with zero attached hydrogens (tertiary/aromatic N) is 1. The maximum absolute atomic E-state index is 12.9. The number of aromatic nitrogens is 1. The van der Waals surface area contributed by atoms with Crippen molar-refractivity contribution in [1.29, 1.82) is 0 Å². The fraction of sp³-hybridized carbons (Fsp3) is 0.130. The summed E-state index contributed by atoms with van der Waals surface area (Å²) in [6.45, 7) is 0. The van der Waals surface area contributed by atoms with E-state index in [1.54, 1.807) is 43.8 Å². The van der Waals surface area contributed by atoms with Crippen LogP contribution in [0.1, 0.15) is 15.9 Å². The molecular weight excluding hydrogens is 406 g/mol. The number of Topliss-reactive ketones (excluding diaryl/α,β-unsaturated/α-hetero) is 1. The van der Waals surface area contributed by atoms with Gasteiger partial charge >= 0.3 is 0 Å². The van der Waals surface area contributed by atoms with Gasteiger partial charge in [0, 0.05) is 23.6 Å². The number of carbonyl (C=O) groups excluding carboxylic acids is 1. The molecule has 0 radical (unpaired) electrons. The van der Waals surface area contributed by atoms with Gasteiger partial charge in [-0.05, 0) is 42.0 Å². The van der Waals surface area contributed by atoms with Gasteiger partial charge < -0.3 is 9.47 Å². The van der Waals surface area contributed by atoms with E-state index in [1.165, 1.54) is 0 Å². The zero-order valence-electron chi connectivity index (χ0n) is 15.9. The van der Waals surface area contributed by atoms with Gasteiger partial charge in [0.05, 0.1) is 29.5 Å². The Kier molecular flexibility index (Phi) is 5.51. The molecule has 0 amide bonds. The van der Waals surface area contributed by atoms with Crippen molar-refractivity contribution in [2.75, 3.05) is 14.2 Å². The lowest BCUT2D eigenvalue weighted by Crippen LogP contribution is -2.05. The number of hydrogen-bond acceptors (Lipinski definition) is 5. The third-order valence-corrected chi connectivity index (χ3v) is 5.99. The summed E-state index contributed by atoms with van der Waals surface area (Å²) in [6.07, 6.45) is 0.241. The van der Waals surface area contributed by atoms with Gasteiger partial charge in [-0.25, -0.2) is 4.98 Å². The lowest BCUT2D eigenvalue weighted by molar-refractivity contribution is 0.0992. The van der Waals surface area contributed by atoms with Crippen LogP contribution in [0.15, 0.2) is 60.7 Å². The molecule has 4 aromatic rings. The van der Waals surface area contributed by atoms with Crippen molar-refractivity contribution < 1.29 is 14.3 Å². The molecule has 0 saturated heterocycles. The third kappa shape index (κ3) is 4.11. The molecule has 0 atom stereocenters. The van der Waals surface area contributed by atoms with Crippen molar-refractivity contribution in [3.8, 4) is 22.1 Å². The highest BCUT2D eigenvalue weighted by atomic mass is 35.5. The number of ketones is 1. The number of carbonyl (C=O) groups is 1. The minimum Gasteiger partial charge on any atom is -0.497 e. The van der Waals surface area contributed by atoms with Gasteiger partial charge in [0.25, 0.3) is 0 Å². The largest absolute Gasteiger partial charge is 0.497 e. The molecule has 3 aromatic carbocycles. The van der Waals surface area contributed by atoms with Crippen LogP contribution < -0.4 is 9.47 Å². The molecule has 4 nitrogen and oxygen atoms in total. The maximum atomic E-state index is 12.9. The van der Waals surface area contributed by atoms with Crippen LogP contribution in [0.5, 0.6) is 11.5 Å². The molecule has 1 heterocycles. The molecule has 4 rings (SSSR count). The summed E-state index contributed by atoms with van der Waals surface area (Å²) in [5.74, 6) is 1.14. The normalized spacial score (nSPS) is 10.9. The van der Waals surface area contributed by atoms with Crippen LogP contribution >= 0.6 is 22.9 Å². The van der Waals surface area contributed by atoms with Gasteiger partial charge in [0.2, 0.25) is 0 Å². The van der Waals surface area contributed by atoms with E-state index in [0.717, 1.165) is 26.4 Å². The number of benzene rings is 3. The van der Waals surface area contributed by atoms with E-state index in [2.05, 4.69) is 4.98 Å². The molecule has 0 N–H and O–H groups in total. The monoisotopic (exact) mass is 423 g/mol. The van der Waals surface area contributed by atoms with Crippen LogP contribution in [-0.2, 0) is 6.42 Å². The van der Waals surface area contributed by atoms with E-state index in [9.17, 15) is 4.79 Å². The highest BCUT2D eigenvalue weighted by molar-refractivity contribution is 7.21. The fourth-order valence-corrected chi connectivity index (χ4v) is 4.35. The second-order valence-corrected chi connectivity index (χ2v) is 7.94. The Morgan fingerprint density at radius 1 is 1.00 bits per heavy atom. The molecule has 146 valence electrons. The summed E-state index contributed by atoms with van der Waals surface area (Å²) >= 11 is 8.02. The second kappa shape index (κ2) is 8.23. The number of hydrogen-bond donors (Lipinski definition) is 0. The molecule has 0 aliphatic rings. The molecule has 0 spiro atoms. The number of halogens is 1. The molecule has 0 saturated carbocycles. The lowest BCUT2D eigenvalue weighted by atomic mass is 10.0. The highest BCUT2D eigenvalue weighted by Crippen LogP contribution is 2.35. The summed E-state index contributed by atoms with van der Waals surface area (Å²) in [6, 6.07) is 18.8. The molecule has 0 unspecified atom stereocenters. The smallest absolute Gasteiger partial charge is 0.167 e. The lowest BCUT2D eigenvalue weighted by Gasteiger charge is -2.09. The fourth-order valence-electron chi connectivity index (χ4n) is 3.09. The summed E-state index contributed by atoms with van der Waals surface area (Å²) in [7, 11) is 3.12. The molecule has 0 aliphatic carbocycles. The van der Waals surface area contributed by atoms with Gasteiger partial charge in [-0.3, -0.25) is 4.79 Å². The highest BCUT2D eigenvalue weighted by Gasteiger charge is 2.14. The maximum Gasteiger partial charge on any atom is 0.167 e. The van der Waals surface area contributed by atoms with Crippen LogP contribution in [-0.4, -0.2) is 25.0 Å². The van der Waals surface area contributed by atoms with Crippen molar-refractivity contribution >= 4 is 38.9 Å². The molecule has 0 aliphatic heterocycles. The minimum atomic E-state index is -0.0280. The van der Waals surface area contributed by atoms with Crippen LogP contribution in [0.3, 0.4) is 0 Å². The Labute approximate surface area is 177 Å². The molecule has 0 fully saturated rings. The average Bonchev–Trinajstić information content (AvgIpc) is 3.18. The van der Waals surface area contributed by atoms with Crippen LogP contribution in [0.25, 0.3) is 20.8 Å². The second-order valence-electron chi connectivity index (χ2n) is 6.50. The van der Waals surface area contributed by atoms with Crippen LogP contribution in [0, 0.1) is 0 Å². The summed E-state index contributed by atoms with van der Waals surface area (Å²) in [5, 5.41) is 1.46. The van der Waals surface area contributed by atoms with Crippen molar-refractivity contribution in [3.05, 3.63) is 76.8 Å². The molecular formula is C23H18ClNO3S. The van der Waals surface area contributed by atoms with E-state index in [4.69, 9.17) is 21.1 Å². The summed E-state index contributed by atoms with van der Waals surface area (Å²) < 4.78 is 11.6. The summed E-state index contributed by atoms with van der Waals surface area (Å²) in [5.41, 5.74) is 3.18. The molecule has 6 heteroatoms. The minimum absolute atomic E-state index is 0.0280. The average molecular weight is 424 g/mol. The zero-order valence-corrected chi connectivity index (χ0v) is 17.5. The predicted molar refractivity (Wildman–Crippen MR) is 118 cm³/mol. The predicted octanol–water partition coefficient (Wildman–Crippen LogP) is 6.06. The van der Waals surface area contributed by atoms with Gasteiger partial charge in [-0.2, -0.15) is 0 Å². The number of methoxy groups -OCH3 is 2. The van der Waals surface area contributed by atoms with Gasteiger partial charge in [-0.15, -0.1) is 11.3 Å². The van der Waals surface area contributed by atoms with E-state index in [0.29, 0.717) is 22.1 Å². The number of rotatable bonds is 6. The van der Waals surface area contributed by atoms with Gasteiger partial charge in [-0.1, -0.05) is 29.8 Å². The first-order chi connectivity index (χ1) is 14.1. The van der Waals surface area contributed by atoms with Gasteiger partial charge in [0.1, 0.15) is 16.5 Å². The number of para-hydroxylation sites is 1. The Balaban J connectivity index is 1.65. The quantitative estimate of drug-likeness (QED) is 0.354. The third-order valence-electron chi connectivity index (χ3n) is 4.59. The number of fused-ring (bicyclic) bond motifs is 1. The number of ether oxygens (including phenoxy) is 2. The molecule has 29 heavy (non-hydrogen) atoms. The Bertz CT molecular complexity index is 1150. The van der Waals surface area contributed by atoms with E-state index < -0.39 is 0 Å². The Hall–Kier alpha value is -2.89. The first-order valence-corrected chi connectivity index (χ1v) is 10.2. The van der Waals surface area contributed by atoms with E-state index in [1.807, 2.05) is 42.5 Å². The zero-order chi connectivity index (χ0) is 20.4. The van der Waals surface area contributed by atoms with Crippen molar-refractivity contribution in [2.24, 2.45) is 0 Å². The summed E-state index contributed by atoms with van der Waals surface area (Å²) in [4.78, 5) is 17.6. The van der Waals surface area contributed by atoms with Crippen molar-refractivity contribution in [2.45, 2.75) is 6.42 Å². The first kappa shape index (κ1) is 19.4. The Morgan fingerprint density at radius 2 is 1.72 bits per heavy atom.